The van der Waals surface area contributed by atoms with Gasteiger partial charge in [0.15, 0.2) is 0 Å². The Hall–Kier alpha value is -1.11. The third kappa shape index (κ3) is 3.97. The second-order valence-corrected chi connectivity index (χ2v) is 5.77. The Morgan fingerprint density at radius 1 is 1.11 bits per heavy atom. The Bertz CT molecular complexity index is 368. The van der Waals surface area contributed by atoms with Gasteiger partial charge >= 0.3 is 0 Å². The fraction of sp³-hybridized carbons (Fsp3) is 0.588. The monoisotopic (exact) mass is 244 g/mol. The first-order valence-electron chi connectivity index (χ1n) is 7.31. The van der Waals surface area contributed by atoms with Crippen LogP contribution in [0.25, 0.3) is 0 Å². The molecule has 1 aromatic carbocycles. The largest absolute Gasteiger partial charge is 0.300 e. The zero-order valence-corrected chi connectivity index (χ0v) is 11.4. The van der Waals surface area contributed by atoms with E-state index in [4.69, 9.17) is 0 Å². The van der Waals surface area contributed by atoms with Crippen LogP contribution in [0.2, 0.25) is 0 Å². The quantitative estimate of drug-likeness (QED) is 0.753. The Balaban J connectivity index is 2.01. The van der Waals surface area contributed by atoms with Crippen molar-refractivity contribution in [2.75, 3.05) is 0 Å². The highest BCUT2D eigenvalue weighted by Crippen LogP contribution is 2.28. The number of hydrogen-bond donors (Lipinski definition) is 0. The summed E-state index contributed by atoms with van der Waals surface area (Å²) in [7, 11) is 0. The third-order valence-corrected chi connectivity index (χ3v) is 4.23. The molecule has 0 aliphatic heterocycles. The molecule has 0 radical (unpaired) electrons. The lowest BCUT2D eigenvalue weighted by atomic mass is 9.82. The number of carbonyl (C=O) groups excluding carboxylic acids is 1. The molecule has 0 amide bonds. The van der Waals surface area contributed by atoms with Crippen molar-refractivity contribution in [1.82, 2.24) is 0 Å². The maximum Gasteiger partial charge on any atom is 0.133 e. The smallest absolute Gasteiger partial charge is 0.133 e. The molecule has 1 aliphatic carbocycles. The summed E-state index contributed by atoms with van der Waals surface area (Å²) in [6.07, 6.45) is 7.63. The van der Waals surface area contributed by atoms with Crippen LogP contribution in [0.15, 0.2) is 30.3 Å². The van der Waals surface area contributed by atoms with Crippen LogP contribution in [-0.4, -0.2) is 5.78 Å². The van der Waals surface area contributed by atoms with Crippen LogP contribution >= 0.6 is 0 Å². The van der Waals surface area contributed by atoms with Crippen molar-refractivity contribution >= 4 is 5.78 Å². The molecule has 0 aromatic heterocycles. The Labute approximate surface area is 111 Å². The molecule has 1 nitrogen and oxygen atoms in total. The SMILES string of the molecule is CC1CC(=O)CCCCCC1Cc1ccccc1. The molecule has 2 rings (SSSR count). The first-order valence-corrected chi connectivity index (χ1v) is 7.31. The van der Waals surface area contributed by atoms with E-state index in [0.717, 1.165) is 25.7 Å². The summed E-state index contributed by atoms with van der Waals surface area (Å²) in [6.45, 7) is 2.26. The minimum Gasteiger partial charge on any atom is -0.300 e. The van der Waals surface area contributed by atoms with Gasteiger partial charge in [0.2, 0.25) is 0 Å². The zero-order valence-electron chi connectivity index (χ0n) is 11.4. The van der Waals surface area contributed by atoms with Crippen molar-refractivity contribution in [3.63, 3.8) is 0 Å². The molecular formula is C17H24O. The number of benzene rings is 1. The fourth-order valence-corrected chi connectivity index (χ4v) is 3.04. The van der Waals surface area contributed by atoms with E-state index in [1.807, 2.05) is 0 Å². The van der Waals surface area contributed by atoms with Gasteiger partial charge in [0.05, 0.1) is 0 Å². The first kappa shape index (κ1) is 13.3. The van der Waals surface area contributed by atoms with Crippen LogP contribution < -0.4 is 0 Å². The van der Waals surface area contributed by atoms with Crippen molar-refractivity contribution in [3.05, 3.63) is 35.9 Å². The highest BCUT2D eigenvalue weighted by Gasteiger charge is 2.21. The van der Waals surface area contributed by atoms with E-state index in [2.05, 4.69) is 37.3 Å². The molecule has 98 valence electrons. The van der Waals surface area contributed by atoms with Crippen molar-refractivity contribution in [1.29, 1.82) is 0 Å². The summed E-state index contributed by atoms with van der Waals surface area (Å²) in [5.74, 6) is 1.69. The lowest BCUT2D eigenvalue weighted by Gasteiger charge is -2.23. The van der Waals surface area contributed by atoms with Gasteiger partial charge in [-0.15, -0.1) is 0 Å². The molecule has 0 bridgehead atoms. The average molecular weight is 244 g/mol. The second kappa shape index (κ2) is 6.72. The van der Waals surface area contributed by atoms with E-state index in [-0.39, 0.29) is 0 Å². The lowest BCUT2D eigenvalue weighted by Crippen LogP contribution is -2.17. The summed E-state index contributed by atoms with van der Waals surface area (Å²) in [5.41, 5.74) is 1.42. The van der Waals surface area contributed by atoms with Gasteiger partial charge in [0, 0.05) is 12.8 Å². The van der Waals surface area contributed by atoms with Crippen molar-refractivity contribution in [3.8, 4) is 0 Å². The molecule has 1 aliphatic rings. The number of carbonyl (C=O) groups is 1. The van der Waals surface area contributed by atoms with Crippen molar-refractivity contribution in [2.45, 2.75) is 51.9 Å². The first-order chi connectivity index (χ1) is 8.75. The second-order valence-electron chi connectivity index (χ2n) is 5.77. The van der Waals surface area contributed by atoms with Crippen LogP contribution in [-0.2, 0) is 11.2 Å². The van der Waals surface area contributed by atoms with Gasteiger partial charge in [-0.25, -0.2) is 0 Å². The predicted octanol–water partition coefficient (Wildman–Crippen LogP) is 4.40. The molecule has 0 N–H and O–H groups in total. The predicted molar refractivity (Wildman–Crippen MR) is 75.5 cm³/mol. The highest BCUT2D eigenvalue weighted by molar-refractivity contribution is 5.78. The van der Waals surface area contributed by atoms with E-state index in [1.54, 1.807) is 0 Å². The molecule has 18 heavy (non-hydrogen) atoms. The third-order valence-electron chi connectivity index (χ3n) is 4.23. The van der Waals surface area contributed by atoms with Crippen LogP contribution in [0.4, 0.5) is 0 Å². The topological polar surface area (TPSA) is 17.1 Å². The number of ketones is 1. The van der Waals surface area contributed by atoms with E-state index < -0.39 is 0 Å². The van der Waals surface area contributed by atoms with Gasteiger partial charge in [0.1, 0.15) is 5.78 Å². The van der Waals surface area contributed by atoms with E-state index in [9.17, 15) is 4.79 Å². The van der Waals surface area contributed by atoms with E-state index >= 15 is 0 Å². The molecular weight excluding hydrogens is 220 g/mol. The normalized spacial score (nSPS) is 26.2. The molecule has 1 aromatic rings. The summed E-state index contributed by atoms with van der Waals surface area (Å²) in [4.78, 5) is 11.8. The van der Waals surface area contributed by atoms with Crippen LogP contribution in [0.5, 0.6) is 0 Å². The molecule has 1 fully saturated rings. The summed E-state index contributed by atoms with van der Waals surface area (Å²) in [6, 6.07) is 10.7. The summed E-state index contributed by atoms with van der Waals surface area (Å²) < 4.78 is 0. The van der Waals surface area contributed by atoms with Crippen LogP contribution in [0.1, 0.15) is 51.0 Å². The summed E-state index contributed by atoms with van der Waals surface area (Å²) >= 11 is 0. The Morgan fingerprint density at radius 2 is 1.89 bits per heavy atom. The van der Waals surface area contributed by atoms with Gasteiger partial charge in [-0.05, 0) is 36.7 Å². The molecule has 0 heterocycles. The highest BCUT2D eigenvalue weighted by atomic mass is 16.1. The Kier molecular flexibility index (Phi) is 4.98. The lowest BCUT2D eigenvalue weighted by molar-refractivity contribution is -0.120. The average Bonchev–Trinajstić information content (AvgIpc) is 2.44. The minimum atomic E-state index is 0.475. The standard InChI is InChI=1S/C17H24O/c1-14-12-17(18)11-7-3-6-10-16(14)13-15-8-4-2-5-9-15/h2,4-5,8-9,14,16H,3,6-7,10-13H2,1H3. The Morgan fingerprint density at radius 3 is 2.67 bits per heavy atom. The maximum absolute atomic E-state index is 11.8. The molecule has 1 heteroatoms. The van der Waals surface area contributed by atoms with E-state index in [1.165, 1.54) is 24.8 Å². The van der Waals surface area contributed by atoms with Crippen molar-refractivity contribution in [2.24, 2.45) is 11.8 Å². The number of Topliss-reactive ketones (excluding diaryl/α,β-unsaturated/α-hetero) is 1. The molecule has 1 saturated carbocycles. The van der Waals surface area contributed by atoms with Gasteiger partial charge < -0.3 is 0 Å². The molecule has 0 saturated heterocycles. The van der Waals surface area contributed by atoms with Gasteiger partial charge in [-0.3, -0.25) is 4.79 Å². The van der Waals surface area contributed by atoms with Gasteiger partial charge in [-0.1, -0.05) is 50.1 Å². The number of rotatable bonds is 2. The molecule has 2 atom stereocenters. The summed E-state index contributed by atoms with van der Waals surface area (Å²) in [5, 5.41) is 0. The van der Waals surface area contributed by atoms with Crippen LogP contribution in [0, 0.1) is 11.8 Å². The zero-order chi connectivity index (χ0) is 12.8. The fourth-order valence-electron chi connectivity index (χ4n) is 3.04. The molecule has 0 spiro atoms. The van der Waals surface area contributed by atoms with Gasteiger partial charge in [-0.2, -0.15) is 0 Å². The van der Waals surface area contributed by atoms with Crippen molar-refractivity contribution < 1.29 is 4.79 Å². The number of hydrogen-bond acceptors (Lipinski definition) is 1. The molecule has 2 unspecified atom stereocenters. The van der Waals surface area contributed by atoms with E-state index in [0.29, 0.717) is 17.6 Å². The van der Waals surface area contributed by atoms with Gasteiger partial charge in [0.25, 0.3) is 0 Å². The van der Waals surface area contributed by atoms with Crippen LogP contribution in [0.3, 0.4) is 0 Å². The maximum atomic E-state index is 11.8. The minimum absolute atomic E-state index is 0.475.